The average Bonchev–Trinajstić information content (AvgIpc) is 2.87. The largest absolute Gasteiger partial charge is 0.369 e. The SMILES string of the molecule is CC(C)CC(=O)N1CCCC(C2(c3ccccc3)N=C(N)N(C)C2=O)C1. The molecule has 2 amide bonds. The number of guanidine groups is 1. The van der Waals surface area contributed by atoms with Crippen molar-refractivity contribution in [1.29, 1.82) is 0 Å². The average molecular weight is 356 g/mol. The summed E-state index contributed by atoms with van der Waals surface area (Å²) in [5.74, 6) is 0.530. The van der Waals surface area contributed by atoms with Gasteiger partial charge in [0.25, 0.3) is 5.91 Å². The summed E-state index contributed by atoms with van der Waals surface area (Å²) in [5, 5.41) is 0. The van der Waals surface area contributed by atoms with Crippen molar-refractivity contribution in [2.75, 3.05) is 20.1 Å². The second-order valence-corrected chi connectivity index (χ2v) is 7.74. The summed E-state index contributed by atoms with van der Waals surface area (Å²) in [7, 11) is 1.66. The zero-order valence-corrected chi connectivity index (χ0v) is 15.8. The Kier molecular flexibility index (Phi) is 5.03. The molecule has 0 radical (unpaired) electrons. The van der Waals surface area contributed by atoms with Crippen molar-refractivity contribution in [1.82, 2.24) is 9.80 Å². The van der Waals surface area contributed by atoms with Gasteiger partial charge in [-0.05, 0) is 24.3 Å². The number of benzene rings is 1. The van der Waals surface area contributed by atoms with Gasteiger partial charge in [-0.25, -0.2) is 4.99 Å². The minimum atomic E-state index is -1.03. The minimum absolute atomic E-state index is 0.0780. The second-order valence-electron chi connectivity index (χ2n) is 7.74. The van der Waals surface area contributed by atoms with Crippen LogP contribution in [0.5, 0.6) is 0 Å². The van der Waals surface area contributed by atoms with Crippen LogP contribution in [0.2, 0.25) is 0 Å². The van der Waals surface area contributed by atoms with Gasteiger partial charge in [0.15, 0.2) is 11.5 Å². The summed E-state index contributed by atoms with van der Waals surface area (Å²) < 4.78 is 0. The third-order valence-electron chi connectivity index (χ3n) is 5.43. The van der Waals surface area contributed by atoms with E-state index in [9.17, 15) is 9.59 Å². The van der Waals surface area contributed by atoms with Gasteiger partial charge >= 0.3 is 0 Å². The summed E-state index contributed by atoms with van der Waals surface area (Å²) in [6, 6.07) is 9.62. The van der Waals surface area contributed by atoms with Crippen molar-refractivity contribution in [2.24, 2.45) is 22.6 Å². The molecule has 0 spiro atoms. The Morgan fingerprint density at radius 1 is 1.35 bits per heavy atom. The van der Waals surface area contributed by atoms with E-state index in [4.69, 9.17) is 5.73 Å². The van der Waals surface area contributed by atoms with E-state index in [1.54, 1.807) is 7.05 Å². The Labute approximate surface area is 155 Å². The molecule has 2 atom stereocenters. The molecule has 1 saturated heterocycles. The first kappa shape index (κ1) is 18.4. The van der Waals surface area contributed by atoms with Gasteiger partial charge in [0.2, 0.25) is 5.91 Å². The summed E-state index contributed by atoms with van der Waals surface area (Å²) in [6.07, 6.45) is 2.25. The second kappa shape index (κ2) is 7.09. The molecule has 2 heterocycles. The number of likely N-dealkylation sites (N-methyl/N-ethyl adjacent to an activating group) is 1. The van der Waals surface area contributed by atoms with Crippen molar-refractivity contribution >= 4 is 17.8 Å². The molecule has 140 valence electrons. The molecule has 1 aromatic rings. The third-order valence-corrected chi connectivity index (χ3v) is 5.43. The summed E-state index contributed by atoms with van der Waals surface area (Å²) in [5.41, 5.74) is 5.84. The number of piperidine rings is 1. The topological polar surface area (TPSA) is 79.0 Å². The highest BCUT2D eigenvalue weighted by atomic mass is 16.2. The van der Waals surface area contributed by atoms with E-state index in [1.165, 1.54) is 4.90 Å². The van der Waals surface area contributed by atoms with Gasteiger partial charge in [0, 0.05) is 32.5 Å². The predicted octanol–water partition coefficient (Wildman–Crippen LogP) is 1.95. The van der Waals surface area contributed by atoms with E-state index < -0.39 is 5.54 Å². The van der Waals surface area contributed by atoms with Gasteiger partial charge < -0.3 is 10.6 Å². The molecule has 1 aromatic carbocycles. The number of hydrogen-bond donors (Lipinski definition) is 1. The van der Waals surface area contributed by atoms with E-state index in [2.05, 4.69) is 4.99 Å². The van der Waals surface area contributed by atoms with E-state index in [-0.39, 0.29) is 23.7 Å². The molecule has 0 aliphatic carbocycles. The normalized spacial score (nSPS) is 26.4. The van der Waals surface area contributed by atoms with Crippen LogP contribution >= 0.6 is 0 Å². The number of nitrogens with zero attached hydrogens (tertiary/aromatic N) is 3. The maximum absolute atomic E-state index is 13.2. The lowest BCUT2D eigenvalue weighted by Gasteiger charge is -2.41. The molecule has 6 heteroatoms. The van der Waals surface area contributed by atoms with Gasteiger partial charge in [-0.3, -0.25) is 14.5 Å². The quantitative estimate of drug-likeness (QED) is 0.895. The van der Waals surface area contributed by atoms with Crippen LogP contribution in [0.15, 0.2) is 35.3 Å². The lowest BCUT2D eigenvalue weighted by molar-refractivity contribution is -0.139. The van der Waals surface area contributed by atoms with Crippen molar-refractivity contribution in [3.05, 3.63) is 35.9 Å². The number of rotatable bonds is 4. The lowest BCUT2D eigenvalue weighted by atomic mass is 9.74. The fourth-order valence-electron chi connectivity index (χ4n) is 4.07. The number of hydrogen-bond acceptors (Lipinski definition) is 4. The highest BCUT2D eigenvalue weighted by Gasteiger charge is 2.54. The van der Waals surface area contributed by atoms with Crippen LogP contribution < -0.4 is 5.73 Å². The van der Waals surface area contributed by atoms with E-state index in [0.717, 1.165) is 24.9 Å². The molecule has 2 aliphatic heterocycles. The number of nitrogens with two attached hydrogens (primary N) is 1. The monoisotopic (exact) mass is 356 g/mol. The molecule has 2 unspecified atom stereocenters. The van der Waals surface area contributed by atoms with Crippen LogP contribution in [-0.4, -0.2) is 47.7 Å². The molecule has 0 bridgehead atoms. The first-order valence-electron chi connectivity index (χ1n) is 9.33. The predicted molar refractivity (Wildman–Crippen MR) is 101 cm³/mol. The zero-order valence-electron chi connectivity index (χ0n) is 15.8. The first-order valence-corrected chi connectivity index (χ1v) is 9.33. The van der Waals surface area contributed by atoms with Gasteiger partial charge in [0.05, 0.1) is 0 Å². The highest BCUT2D eigenvalue weighted by molar-refractivity contribution is 6.07. The van der Waals surface area contributed by atoms with E-state index in [1.807, 2.05) is 49.1 Å². The Morgan fingerprint density at radius 2 is 2.04 bits per heavy atom. The highest BCUT2D eigenvalue weighted by Crippen LogP contribution is 2.43. The maximum atomic E-state index is 13.2. The van der Waals surface area contributed by atoms with Gasteiger partial charge in [-0.1, -0.05) is 44.2 Å². The van der Waals surface area contributed by atoms with Crippen molar-refractivity contribution in [2.45, 2.75) is 38.6 Å². The minimum Gasteiger partial charge on any atom is -0.369 e. The first-order chi connectivity index (χ1) is 12.4. The Morgan fingerprint density at radius 3 is 2.62 bits per heavy atom. The number of amides is 2. The molecule has 0 aromatic heterocycles. The standard InChI is InChI=1S/C20H28N4O2/c1-14(2)12-17(25)24-11-7-10-16(13-24)20(15-8-5-4-6-9-15)18(26)23(3)19(21)22-20/h4-6,8-9,14,16H,7,10-13H2,1-3H3,(H2,21,22). The number of carbonyl (C=O) groups is 2. The molecule has 26 heavy (non-hydrogen) atoms. The maximum Gasteiger partial charge on any atom is 0.262 e. The van der Waals surface area contributed by atoms with Crippen LogP contribution in [0.25, 0.3) is 0 Å². The summed E-state index contributed by atoms with van der Waals surface area (Å²) >= 11 is 0. The fourth-order valence-corrected chi connectivity index (χ4v) is 4.07. The molecule has 1 fully saturated rings. The summed E-state index contributed by atoms with van der Waals surface area (Å²) in [4.78, 5) is 33.8. The van der Waals surface area contributed by atoms with Crippen molar-refractivity contribution in [3.8, 4) is 0 Å². The van der Waals surface area contributed by atoms with Crippen molar-refractivity contribution in [3.63, 3.8) is 0 Å². The molecule has 0 saturated carbocycles. The van der Waals surface area contributed by atoms with Crippen LogP contribution in [0.3, 0.4) is 0 Å². The van der Waals surface area contributed by atoms with E-state index >= 15 is 0 Å². The molecule has 3 rings (SSSR count). The number of aliphatic imine (C=N–C) groups is 1. The van der Waals surface area contributed by atoms with Gasteiger partial charge in [-0.15, -0.1) is 0 Å². The molecule has 2 N–H and O–H groups in total. The number of likely N-dealkylation sites (tertiary alicyclic amines) is 1. The lowest BCUT2D eigenvalue weighted by Crippen LogP contribution is -2.51. The smallest absolute Gasteiger partial charge is 0.262 e. The van der Waals surface area contributed by atoms with Crippen LogP contribution in [0.4, 0.5) is 0 Å². The van der Waals surface area contributed by atoms with E-state index in [0.29, 0.717) is 18.9 Å². The third kappa shape index (κ3) is 3.08. The van der Waals surface area contributed by atoms with Crippen LogP contribution in [0.1, 0.15) is 38.7 Å². The van der Waals surface area contributed by atoms with Gasteiger partial charge in [-0.2, -0.15) is 0 Å². The zero-order chi connectivity index (χ0) is 18.9. The molecular weight excluding hydrogens is 328 g/mol. The Balaban J connectivity index is 1.96. The number of carbonyl (C=O) groups excluding carboxylic acids is 2. The van der Waals surface area contributed by atoms with Crippen LogP contribution in [-0.2, 0) is 15.1 Å². The molecular formula is C20H28N4O2. The van der Waals surface area contributed by atoms with Crippen LogP contribution in [0, 0.1) is 11.8 Å². The molecule has 2 aliphatic rings. The Bertz CT molecular complexity index is 716. The summed E-state index contributed by atoms with van der Waals surface area (Å²) in [6.45, 7) is 5.38. The van der Waals surface area contributed by atoms with Crippen molar-refractivity contribution < 1.29 is 9.59 Å². The Hall–Kier alpha value is -2.37. The fraction of sp³-hybridized carbons (Fsp3) is 0.550. The van der Waals surface area contributed by atoms with Gasteiger partial charge in [0.1, 0.15) is 0 Å². The molecule has 6 nitrogen and oxygen atoms in total.